The van der Waals surface area contributed by atoms with Crippen molar-refractivity contribution in [1.29, 1.82) is 5.26 Å². The first-order valence-electron chi connectivity index (χ1n) is 21.5. The Morgan fingerprint density at radius 1 is 0.925 bits per heavy atom. The fraction of sp³-hybridized carbons (Fsp3) is 0.457. The number of benzene rings is 3. The van der Waals surface area contributed by atoms with Crippen molar-refractivity contribution in [2.75, 3.05) is 52.2 Å². The molecule has 0 spiro atoms. The number of ether oxygens (including phenoxy) is 6. The predicted molar refractivity (Wildman–Crippen MR) is 242 cm³/mol. The van der Waals surface area contributed by atoms with Crippen molar-refractivity contribution in [3.63, 3.8) is 0 Å². The summed E-state index contributed by atoms with van der Waals surface area (Å²) in [5.41, 5.74) is -0.207. The Labute approximate surface area is 387 Å². The number of aromatic nitrogens is 2. The fourth-order valence-corrected chi connectivity index (χ4v) is 11.4. The zero-order valence-corrected chi connectivity index (χ0v) is 39.3. The molecule has 1 aromatic heterocycles. The molecule has 0 saturated carbocycles. The van der Waals surface area contributed by atoms with Crippen molar-refractivity contribution in [3.05, 3.63) is 118 Å². The minimum atomic E-state index is -5.10. The van der Waals surface area contributed by atoms with E-state index in [1.807, 2.05) is 87.0 Å². The van der Waals surface area contributed by atoms with Gasteiger partial charge in [0.2, 0.25) is 0 Å². The van der Waals surface area contributed by atoms with E-state index in [-0.39, 0.29) is 37.1 Å². The second kappa shape index (κ2) is 23.5. The van der Waals surface area contributed by atoms with E-state index in [1.165, 1.54) is 19.2 Å². The van der Waals surface area contributed by atoms with Gasteiger partial charge in [0, 0.05) is 0 Å². The summed E-state index contributed by atoms with van der Waals surface area (Å²) in [5, 5.41) is 14.0. The Kier molecular flexibility index (Phi) is 18.4. The number of carbonyl (C=O) groups excluding carboxylic acids is 2. The van der Waals surface area contributed by atoms with Gasteiger partial charge in [-0.3, -0.25) is 0 Å². The van der Waals surface area contributed by atoms with E-state index < -0.39 is 81.6 Å². The van der Waals surface area contributed by atoms with E-state index in [4.69, 9.17) is 32.9 Å². The Bertz CT molecular complexity index is 2280. The molecule has 1 saturated heterocycles. The van der Waals surface area contributed by atoms with Gasteiger partial charge in [-0.25, -0.2) is 0 Å². The van der Waals surface area contributed by atoms with Gasteiger partial charge >= 0.3 is 388 Å². The quantitative estimate of drug-likeness (QED) is 0.0335. The van der Waals surface area contributed by atoms with E-state index >= 15 is 0 Å². The number of alkyl halides is 3. The van der Waals surface area contributed by atoms with E-state index in [0.717, 1.165) is 4.57 Å². The molecule has 2 heterocycles. The molecule has 1 fully saturated rings. The van der Waals surface area contributed by atoms with Crippen molar-refractivity contribution in [1.82, 2.24) is 19.5 Å². The van der Waals surface area contributed by atoms with Crippen molar-refractivity contribution in [2.24, 2.45) is 0 Å². The summed E-state index contributed by atoms with van der Waals surface area (Å²) in [5.74, 6) is -1.49. The van der Waals surface area contributed by atoms with Crippen molar-refractivity contribution in [2.45, 2.75) is 89.4 Å². The second-order valence-corrected chi connectivity index (χ2v) is 18.8. The molecule has 3 aromatic carbocycles. The van der Waals surface area contributed by atoms with Crippen LogP contribution in [0.15, 0.2) is 95.9 Å². The molecule has 67 heavy (non-hydrogen) atoms. The van der Waals surface area contributed by atoms with Gasteiger partial charge in [-0.05, 0) is 0 Å². The topological polar surface area (TPSA) is 205 Å². The van der Waals surface area contributed by atoms with Crippen LogP contribution in [0, 0.1) is 11.3 Å². The Morgan fingerprint density at radius 3 is 2.01 bits per heavy atom. The minimum absolute atomic E-state index is 0.0458. The molecule has 0 aliphatic carbocycles. The third-order valence-electron chi connectivity index (χ3n) is 10.9. The number of halogens is 3. The van der Waals surface area contributed by atoms with Gasteiger partial charge in [0.05, 0.1) is 0 Å². The number of hydrogen-bond donors (Lipinski definition) is 3. The molecule has 1 aliphatic heterocycles. The van der Waals surface area contributed by atoms with Gasteiger partial charge in [-0.1, -0.05) is 0 Å². The van der Waals surface area contributed by atoms with Crippen molar-refractivity contribution < 1.29 is 60.6 Å². The van der Waals surface area contributed by atoms with Crippen LogP contribution < -0.4 is 25.8 Å². The van der Waals surface area contributed by atoms with Crippen molar-refractivity contribution in [3.8, 4) is 17.6 Å². The molecular weight excluding hydrogens is 901 g/mol. The fourth-order valence-electron chi connectivity index (χ4n) is 8.13. The molecule has 21 heteroatoms. The maximum atomic E-state index is 13.8. The standard InChI is InChI=1S/C46H58F3N6O11P/c1-30(2)55(31(3)4)67(59,27-11-23-50)66-40-38(28-64-45(33-12-9-8-10-13-33,34-14-18-36(60-6)19-15-34)35-16-20-37(61-7)21-17-35)65-42(54-25-22-39(52-32(5)56)53-44(54)58)41(40)63-29-62-26-24-51-43(57)46(47,48)49/h8-10,12-22,25,30-31,38,40-42,59,67H,11,24,26-29H2,1-7H3,(H,51,57)(H,52,53,56,58)/t38-,40-,41-,42-/m1/s1. The van der Waals surface area contributed by atoms with Crippen LogP contribution >= 0.6 is 7.87 Å². The number of hydrogen-bond acceptors (Lipinski definition) is 14. The molecule has 0 bridgehead atoms. The molecule has 4 atom stereocenters. The van der Waals surface area contributed by atoms with E-state index in [1.54, 1.807) is 43.8 Å². The third kappa shape index (κ3) is 12.9. The third-order valence-corrected chi connectivity index (χ3v) is 14.3. The van der Waals surface area contributed by atoms with Gasteiger partial charge in [-0.15, -0.1) is 0 Å². The summed E-state index contributed by atoms with van der Waals surface area (Å²) in [4.78, 5) is 54.0. The molecule has 0 unspecified atom stereocenters. The SMILES string of the molecule is COc1ccc(C(OC[C@H]2O[C@@H](n3ccc(NC(C)=O)nc3=O)[C@H](OCOCCNC(=O)C(F)(F)F)[C@@H]2O[PH](O)(CCC#N)N(C(C)C)C(C)C)(c2ccccc2)c2ccc(OC)cc2)cc1. The Balaban J connectivity index is 1.67. The number of nitrogens with one attached hydrogen (secondary N) is 2. The summed E-state index contributed by atoms with van der Waals surface area (Å²) >= 11 is 0. The zero-order valence-electron chi connectivity index (χ0n) is 38.3. The number of anilines is 1. The monoisotopic (exact) mass is 958 g/mol. The molecule has 2 amide bonds. The summed E-state index contributed by atoms with van der Waals surface area (Å²) in [7, 11) is -1.10. The summed E-state index contributed by atoms with van der Waals surface area (Å²) in [6.07, 6.45) is -9.18. The van der Waals surface area contributed by atoms with Gasteiger partial charge in [-0.2, -0.15) is 0 Å². The maximum absolute atomic E-state index is 13.8. The number of methoxy groups -OCH3 is 2. The predicted octanol–water partition coefficient (Wildman–Crippen LogP) is 6.07. The van der Waals surface area contributed by atoms with Crippen LogP contribution in [-0.4, -0.2) is 114 Å². The van der Waals surface area contributed by atoms with Gasteiger partial charge in [0.15, 0.2) is 0 Å². The van der Waals surface area contributed by atoms with Gasteiger partial charge < -0.3 is 0 Å². The molecule has 3 N–H and O–H groups in total. The summed E-state index contributed by atoms with van der Waals surface area (Å²) in [6, 6.07) is 26.9. The number of amides is 2. The molecule has 5 rings (SSSR count). The molecule has 17 nitrogen and oxygen atoms in total. The average molecular weight is 959 g/mol. The van der Waals surface area contributed by atoms with Crippen LogP contribution in [0.5, 0.6) is 11.5 Å². The first-order chi connectivity index (χ1) is 31.9. The summed E-state index contributed by atoms with van der Waals surface area (Å²) in [6.45, 7) is 6.90. The van der Waals surface area contributed by atoms with Crippen LogP contribution in [0.2, 0.25) is 0 Å². The molecule has 1 aliphatic rings. The van der Waals surface area contributed by atoms with Crippen LogP contribution in [0.3, 0.4) is 0 Å². The van der Waals surface area contributed by atoms with Crippen LogP contribution in [0.1, 0.15) is 64.0 Å². The number of rotatable bonds is 23. The number of carbonyl (C=O) groups is 2. The van der Waals surface area contributed by atoms with E-state index in [2.05, 4.69) is 16.4 Å². The van der Waals surface area contributed by atoms with Gasteiger partial charge in [0.1, 0.15) is 0 Å². The Morgan fingerprint density at radius 2 is 1.51 bits per heavy atom. The molecular formula is C46H58F3N6O11P. The van der Waals surface area contributed by atoms with E-state index in [9.17, 15) is 37.7 Å². The van der Waals surface area contributed by atoms with Crippen LogP contribution in [0.25, 0.3) is 0 Å². The van der Waals surface area contributed by atoms with Crippen LogP contribution in [-0.2, 0) is 38.7 Å². The normalized spacial score (nSPS) is 17.9. The molecule has 4 aromatic rings. The first-order valence-corrected chi connectivity index (χ1v) is 23.5. The summed E-state index contributed by atoms with van der Waals surface area (Å²) < 4.78 is 85.3. The average Bonchev–Trinajstić information content (AvgIpc) is 3.62. The van der Waals surface area contributed by atoms with Crippen LogP contribution in [0.4, 0.5) is 19.0 Å². The van der Waals surface area contributed by atoms with E-state index in [0.29, 0.717) is 28.2 Å². The zero-order chi connectivity index (χ0) is 48.9. The first kappa shape index (κ1) is 52.5. The van der Waals surface area contributed by atoms with Gasteiger partial charge in [0.25, 0.3) is 0 Å². The second-order valence-electron chi connectivity index (χ2n) is 16.1. The number of nitrogens with zero attached hydrogens (tertiary/aromatic N) is 4. The number of nitriles is 1. The molecule has 364 valence electrons. The van der Waals surface area contributed by atoms with Crippen molar-refractivity contribution >= 4 is 25.5 Å². The molecule has 0 radical (unpaired) electrons. The Hall–Kier alpha value is -5.49.